The molecule has 2 heterocycles. The van der Waals surface area contributed by atoms with Crippen LogP contribution in [0.25, 0.3) is 38.7 Å². The van der Waals surface area contributed by atoms with Crippen LogP contribution < -0.4 is 4.72 Å². The molecular weight excluding hydrogens is 530 g/mol. The van der Waals surface area contributed by atoms with E-state index in [1.165, 1.54) is 15.3 Å². The smallest absolute Gasteiger partial charge is 0.281 e. The van der Waals surface area contributed by atoms with E-state index in [0.717, 1.165) is 21.9 Å². The molecule has 184 valence electrons. The van der Waals surface area contributed by atoms with Gasteiger partial charge in [0.15, 0.2) is 5.15 Å². The molecule has 0 atom stereocenters. The summed E-state index contributed by atoms with van der Waals surface area (Å²) in [6.45, 7) is 0. The highest BCUT2D eigenvalue weighted by atomic mass is 35.5. The van der Waals surface area contributed by atoms with Crippen LogP contribution in [-0.2, 0) is 10.0 Å². The van der Waals surface area contributed by atoms with Gasteiger partial charge in [0.2, 0.25) is 5.03 Å². The summed E-state index contributed by atoms with van der Waals surface area (Å²) in [6, 6.07) is 24.7. The van der Waals surface area contributed by atoms with Crippen LogP contribution >= 0.6 is 23.1 Å². The number of anilines is 1. The van der Waals surface area contributed by atoms with Gasteiger partial charge in [0.25, 0.3) is 10.0 Å². The van der Waals surface area contributed by atoms with Crippen molar-refractivity contribution in [2.75, 3.05) is 4.72 Å². The van der Waals surface area contributed by atoms with Crippen LogP contribution in [0.2, 0.25) is 5.15 Å². The van der Waals surface area contributed by atoms with E-state index in [4.69, 9.17) is 11.6 Å². The minimum atomic E-state index is -4.04. The average molecular weight is 548 g/mol. The third-order valence-corrected chi connectivity index (χ3v) is 8.72. The molecule has 6 aromatic rings. The number of nitrogens with zero attached hydrogens (tertiary/aromatic N) is 2. The van der Waals surface area contributed by atoms with Crippen molar-refractivity contribution in [3.8, 4) is 33.8 Å². The van der Waals surface area contributed by atoms with Gasteiger partial charge in [-0.25, -0.2) is 8.77 Å². The van der Waals surface area contributed by atoms with Gasteiger partial charge in [0, 0.05) is 16.6 Å². The third kappa shape index (κ3) is 4.17. The molecule has 0 bridgehead atoms. The minimum Gasteiger partial charge on any atom is -0.508 e. The molecule has 2 aromatic heterocycles. The summed E-state index contributed by atoms with van der Waals surface area (Å²) in [5.74, 6) is 0.247. The zero-order valence-electron chi connectivity index (χ0n) is 19.0. The first-order chi connectivity index (χ1) is 17.8. The van der Waals surface area contributed by atoms with Gasteiger partial charge in [-0.3, -0.25) is 4.72 Å². The molecule has 0 unspecified atom stereocenters. The number of hydrogen-bond acceptors (Lipinski definition) is 6. The molecule has 7 nitrogen and oxygen atoms in total. The molecule has 0 fully saturated rings. The van der Waals surface area contributed by atoms with Crippen molar-refractivity contribution in [3.63, 3.8) is 0 Å². The van der Waals surface area contributed by atoms with E-state index in [9.17, 15) is 18.6 Å². The zero-order chi connectivity index (χ0) is 25.7. The minimum absolute atomic E-state index is 0.0664. The summed E-state index contributed by atoms with van der Waals surface area (Å²) in [5, 5.41) is 23.8. The van der Waals surface area contributed by atoms with Crippen LogP contribution in [0.4, 0.5) is 5.69 Å². The van der Waals surface area contributed by atoms with Crippen LogP contribution in [0.3, 0.4) is 0 Å². The fourth-order valence-corrected chi connectivity index (χ4v) is 7.15. The summed E-state index contributed by atoms with van der Waals surface area (Å²) < 4.78 is 30.4. The first-order valence-corrected chi connectivity index (χ1v) is 13.8. The topological polar surface area (TPSA) is 104 Å². The standard InChI is InChI=1S/C27H18ClN3O4S2/c28-26-27(31-24(29-26)11-12-36-31)37(34,35)30-20-5-1-4-19(14-20)25-22-9-7-17(13-18(22)8-10-23(25)33)16-3-2-6-21(32)15-16/h1-15,30,32-33H. The number of nitrogens with one attached hydrogen (secondary N) is 1. The number of aromatic nitrogens is 2. The Kier molecular flexibility index (Phi) is 5.56. The monoisotopic (exact) mass is 547 g/mol. The summed E-state index contributed by atoms with van der Waals surface area (Å²) in [6.07, 6.45) is 0. The van der Waals surface area contributed by atoms with Crippen LogP contribution in [0.5, 0.6) is 11.5 Å². The maximum atomic E-state index is 13.2. The maximum Gasteiger partial charge on any atom is 0.281 e. The number of hydrogen-bond donors (Lipinski definition) is 3. The quantitative estimate of drug-likeness (QED) is 0.221. The Morgan fingerprint density at radius 3 is 2.49 bits per heavy atom. The molecule has 0 amide bonds. The Labute approximate surface area is 221 Å². The number of aromatic hydroxyl groups is 2. The molecule has 0 radical (unpaired) electrons. The van der Waals surface area contributed by atoms with Gasteiger partial charge < -0.3 is 10.2 Å². The molecule has 6 rings (SSSR count). The molecule has 0 saturated heterocycles. The van der Waals surface area contributed by atoms with E-state index < -0.39 is 10.0 Å². The third-order valence-electron chi connectivity index (χ3n) is 6.00. The number of rotatable bonds is 5. The second kappa shape index (κ2) is 8.81. The predicted molar refractivity (Wildman–Crippen MR) is 147 cm³/mol. The first-order valence-electron chi connectivity index (χ1n) is 11.1. The Hall–Kier alpha value is -4.05. The summed E-state index contributed by atoms with van der Waals surface area (Å²) in [4.78, 5) is 4.10. The van der Waals surface area contributed by atoms with Gasteiger partial charge in [0.1, 0.15) is 17.1 Å². The molecule has 37 heavy (non-hydrogen) atoms. The second-order valence-electron chi connectivity index (χ2n) is 8.40. The Morgan fingerprint density at radius 2 is 1.65 bits per heavy atom. The van der Waals surface area contributed by atoms with Gasteiger partial charge in [-0.05, 0) is 69.9 Å². The molecule has 3 N–H and O–H groups in total. The highest BCUT2D eigenvalue weighted by Gasteiger charge is 2.25. The fraction of sp³-hybridized carbons (Fsp3) is 0. The van der Waals surface area contributed by atoms with Gasteiger partial charge in [-0.2, -0.15) is 8.42 Å². The lowest BCUT2D eigenvalue weighted by atomic mass is 9.94. The maximum absolute atomic E-state index is 13.2. The van der Waals surface area contributed by atoms with Crippen molar-refractivity contribution in [3.05, 3.63) is 95.5 Å². The lowest BCUT2D eigenvalue weighted by Gasteiger charge is -2.13. The largest absolute Gasteiger partial charge is 0.508 e. The lowest BCUT2D eigenvalue weighted by Crippen LogP contribution is -2.15. The summed E-state index contributed by atoms with van der Waals surface area (Å²) >= 11 is 7.33. The molecule has 0 aliphatic rings. The number of phenols is 2. The van der Waals surface area contributed by atoms with Gasteiger partial charge in [-0.1, -0.05) is 65.6 Å². The van der Waals surface area contributed by atoms with Crippen molar-refractivity contribution >= 4 is 55.3 Å². The number of fused-ring (bicyclic) bond motifs is 2. The van der Waals surface area contributed by atoms with E-state index in [1.54, 1.807) is 60.0 Å². The van der Waals surface area contributed by atoms with Crippen LogP contribution in [0, 0.1) is 0 Å². The number of benzene rings is 4. The van der Waals surface area contributed by atoms with Gasteiger partial charge in [0.05, 0.1) is 0 Å². The average Bonchev–Trinajstić information content (AvgIpc) is 3.43. The number of phenolic OH excluding ortho intramolecular Hbond substituents is 2. The molecule has 4 aromatic carbocycles. The van der Waals surface area contributed by atoms with Gasteiger partial charge >= 0.3 is 0 Å². The van der Waals surface area contributed by atoms with E-state index in [2.05, 4.69) is 9.71 Å². The number of halogens is 1. The van der Waals surface area contributed by atoms with E-state index in [-0.39, 0.29) is 21.7 Å². The van der Waals surface area contributed by atoms with E-state index in [0.29, 0.717) is 22.5 Å². The van der Waals surface area contributed by atoms with E-state index in [1.807, 2.05) is 30.3 Å². The van der Waals surface area contributed by atoms with Crippen molar-refractivity contribution in [1.29, 1.82) is 0 Å². The molecule has 0 spiro atoms. The highest BCUT2D eigenvalue weighted by Crippen LogP contribution is 2.39. The Morgan fingerprint density at radius 1 is 0.865 bits per heavy atom. The van der Waals surface area contributed by atoms with Crippen molar-refractivity contribution in [2.45, 2.75) is 5.03 Å². The molecule has 10 heteroatoms. The van der Waals surface area contributed by atoms with Crippen LogP contribution in [0.1, 0.15) is 0 Å². The van der Waals surface area contributed by atoms with Crippen molar-refractivity contribution in [1.82, 2.24) is 8.77 Å². The summed E-state index contributed by atoms with van der Waals surface area (Å²) in [5.41, 5.74) is 3.76. The highest BCUT2D eigenvalue weighted by molar-refractivity contribution is 7.92. The lowest BCUT2D eigenvalue weighted by molar-refractivity contribution is 0.475. The van der Waals surface area contributed by atoms with Crippen molar-refractivity contribution < 1.29 is 18.6 Å². The molecular formula is C27H18ClN3O4S2. The zero-order valence-corrected chi connectivity index (χ0v) is 21.3. The number of imidazole rings is 1. The van der Waals surface area contributed by atoms with Crippen LogP contribution in [-0.4, -0.2) is 27.4 Å². The molecule has 0 saturated carbocycles. The van der Waals surface area contributed by atoms with Crippen LogP contribution in [0.15, 0.2) is 95.3 Å². The normalized spacial score (nSPS) is 11.8. The molecule has 0 aliphatic heterocycles. The number of sulfonamides is 1. The van der Waals surface area contributed by atoms with Gasteiger partial charge in [-0.15, -0.1) is 0 Å². The SMILES string of the molecule is O=S(=O)(Nc1cccc(-c2c(O)ccc3cc(-c4cccc(O)c4)ccc23)c1)c1c(Cl)nc2ccsn12. The Balaban J connectivity index is 1.41. The van der Waals surface area contributed by atoms with E-state index >= 15 is 0 Å². The van der Waals surface area contributed by atoms with Crippen molar-refractivity contribution in [2.24, 2.45) is 0 Å². The molecule has 0 aliphatic carbocycles. The second-order valence-corrected chi connectivity index (χ2v) is 11.2. The fourth-order valence-electron chi connectivity index (χ4n) is 4.39. The Bertz CT molecular complexity index is 1930. The summed E-state index contributed by atoms with van der Waals surface area (Å²) in [7, 11) is -4.04. The predicted octanol–water partition coefficient (Wildman–Crippen LogP) is 6.75. The first kappa shape index (κ1) is 23.4.